The van der Waals surface area contributed by atoms with Gasteiger partial charge in [-0.25, -0.2) is 0 Å². The van der Waals surface area contributed by atoms with E-state index in [4.69, 9.17) is 5.11 Å². The molecule has 1 fully saturated rings. The molecule has 0 unspecified atom stereocenters. The van der Waals surface area contributed by atoms with E-state index in [0.717, 1.165) is 37.4 Å². The van der Waals surface area contributed by atoms with Gasteiger partial charge in [0.25, 0.3) is 0 Å². The van der Waals surface area contributed by atoms with Crippen LogP contribution in [0.1, 0.15) is 12.8 Å². The molecule has 0 aromatic rings. The van der Waals surface area contributed by atoms with Crippen LogP contribution in [0.4, 0.5) is 0 Å². The van der Waals surface area contributed by atoms with Gasteiger partial charge in [0.05, 0.1) is 12.2 Å². The minimum absolute atomic E-state index is 0.207. The van der Waals surface area contributed by atoms with E-state index in [2.05, 4.69) is 5.32 Å². The average Bonchev–Trinajstić information content (AvgIpc) is 2.06. The topological polar surface area (TPSA) is 52.5 Å². The molecule has 0 aromatic carbocycles. The van der Waals surface area contributed by atoms with Crippen molar-refractivity contribution in [2.45, 2.75) is 18.4 Å². The molecule has 0 amide bonds. The van der Waals surface area contributed by atoms with Crippen molar-refractivity contribution in [3.05, 3.63) is 0 Å². The van der Waals surface area contributed by atoms with Crippen molar-refractivity contribution in [2.75, 3.05) is 31.2 Å². The minimum atomic E-state index is -0.481. The van der Waals surface area contributed by atoms with Crippen LogP contribution in [-0.4, -0.2) is 47.0 Å². The number of hydrogen-bond acceptors (Lipinski definition) is 4. The van der Waals surface area contributed by atoms with Gasteiger partial charge >= 0.3 is 0 Å². The second-order valence-corrected chi connectivity index (χ2v) is 4.36. The van der Waals surface area contributed by atoms with Crippen LogP contribution in [0.2, 0.25) is 0 Å². The number of hydrogen-bond donors (Lipinski definition) is 3. The van der Waals surface area contributed by atoms with Gasteiger partial charge in [-0.05, 0) is 25.9 Å². The molecule has 1 rings (SSSR count). The quantitative estimate of drug-likeness (QED) is 0.540. The van der Waals surface area contributed by atoms with Gasteiger partial charge in [0.2, 0.25) is 0 Å². The first-order chi connectivity index (χ1) is 5.77. The third kappa shape index (κ3) is 3.31. The van der Waals surface area contributed by atoms with Crippen molar-refractivity contribution < 1.29 is 10.2 Å². The Morgan fingerprint density at radius 2 is 2.00 bits per heavy atom. The van der Waals surface area contributed by atoms with Crippen LogP contribution in [-0.2, 0) is 0 Å². The van der Waals surface area contributed by atoms with E-state index in [0.29, 0.717) is 0 Å². The molecule has 0 aliphatic carbocycles. The van der Waals surface area contributed by atoms with Crippen LogP contribution in [0, 0.1) is 0 Å². The second-order valence-electron chi connectivity index (χ2n) is 3.25. The summed E-state index contributed by atoms with van der Waals surface area (Å²) in [6.45, 7) is 2.03. The van der Waals surface area contributed by atoms with Crippen molar-refractivity contribution in [1.29, 1.82) is 0 Å². The molecule has 1 saturated heterocycles. The molecular formula is C8H17NO2S. The maximum Gasteiger partial charge on any atom is 0.0761 e. The zero-order valence-corrected chi connectivity index (χ0v) is 8.07. The third-order valence-corrected chi connectivity index (χ3v) is 3.35. The Morgan fingerprint density at radius 1 is 1.33 bits per heavy atom. The largest absolute Gasteiger partial charge is 0.396 e. The highest BCUT2D eigenvalue weighted by Gasteiger charge is 2.28. The molecule has 0 aromatic heterocycles. The lowest BCUT2D eigenvalue weighted by Crippen LogP contribution is -2.43. The van der Waals surface area contributed by atoms with Gasteiger partial charge in [-0.2, -0.15) is 11.8 Å². The van der Waals surface area contributed by atoms with Gasteiger partial charge in [-0.15, -0.1) is 0 Å². The van der Waals surface area contributed by atoms with E-state index >= 15 is 0 Å². The summed E-state index contributed by atoms with van der Waals surface area (Å²) >= 11 is 1.63. The predicted molar refractivity (Wildman–Crippen MR) is 51.5 cm³/mol. The SMILES string of the molecule is OCCSCC1(O)CCNCC1. The van der Waals surface area contributed by atoms with E-state index in [-0.39, 0.29) is 6.61 Å². The fourth-order valence-corrected chi connectivity index (χ4v) is 2.31. The molecule has 12 heavy (non-hydrogen) atoms. The first-order valence-electron chi connectivity index (χ1n) is 4.38. The zero-order valence-electron chi connectivity index (χ0n) is 7.25. The summed E-state index contributed by atoms with van der Waals surface area (Å²) in [7, 11) is 0. The molecule has 3 nitrogen and oxygen atoms in total. The van der Waals surface area contributed by atoms with Crippen LogP contribution in [0.15, 0.2) is 0 Å². The average molecular weight is 191 g/mol. The Morgan fingerprint density at radius 3 is 2.58 bits per heavy atom. The molecule has 0 saturated carbocycles. The lowest BCUT2D eigenvalue weighted by Gasteiger charge is -2.32. The Labute approximate surface area is 77.5 Å². The van der Waals surface area contributed by atoms with E-state index < -0.39 is 5.60 Å². The summed E-state index contributed by atoms with van der Waals surface area (Å²) in [5.74, 6) is 1.49. The second kappa shape index (κ2) is 5.07. The highest BCUT2D eigenvalue weighted by Crippen LogP contribution is 2.22. The van der Waals surface area contributed by atoms with Crippen LogP contribution >= 0.6 is 11.8 Å². The Bertz CT molecular complexity index is 126. The van der Waals surface area contributed by atoms with E-state index in [9.17, 15) is 5.11 Å². The number of aliphatic hydroxyl groups excluding tert-OH is 1. The van der Waals surface area contributed by atoms with Crippen LogP contribution in [0.25, 0.3) is 0 Å². The minimum Gasteiger partial charge on any atom is -0.396 e. The molecule has 1 heterocycles. The molecule has 0 spiro atoms. The molecule has 3 N–H and O–H groups in total. The van der Waals surface area contributed by atoms with Gasteiger partial charge < -0.3 is 15.5 Å². The van der Waals surface area contributed by atoms with Gasteiger partial charge in [0.1, 0.15) is 0 Å². The monoisotopic (exact) mass is 191 g/mol. The molecule has 1 aliphatic heterocycles. The maximum absolute atomic E-state index is 9.96. The van der Waals surface area contributed by atoms with Crippen molar-refractivity contribution in [3.63, 3.8) is 0 Å². The zero-order chi connectivity index (χ0) is 8.86. The van der Waals surface area contributed by atoms with Crippen LogP contribution in [0.3, 0.4) is 0 Å². The molecule has 0 atom stereocenters. The van der Waals surface area contributed by atoms with Crippen LogP contribution in [0.5, 0.6) is 0 Å². The number of piperidine rings is 1. The lowest BCUT2D eigenvalue weighted by molar-refractivity contribution is 0.0339. The van der Waals surface area contributed by atoms with Crippen molar-refractivity contribution in [3.8, 4) is 0 Å². The summed E-state index contributed by atoms with van der Waals surface area (Å²) in [6, 6.07) is 0. The number of aliphatic hydroxyl groups is 2. The van der Waals surface area contributed by atoms with Crippen LogP contribution < -0.4 is 5.32 Å². The number of nitrogens with one attached hydrogen (secondary N) is 1. The van der Waals surface area contributed by atoms with Gasteiger partial charge in [0, 0.05) is 11.5 Å². The summed E-state index contributed by atoms with van der Waals surface area (Å²) in [6.07, 6.45) is 1.68. The highest BCUT2D eigenvalue weighted by molar-refractivity contribution is 7.99. The molecule has 4 heteroatoms. The Balaban J connectivity index is 2.17. The first kappa shape index (κ1) is 10.3. The standard InChI is InChI=1S/C8H17NO2S/c10-5-6-12-7-8(11)1-3-9-4-2-8/h9-11H,1-7H2. The van der Waals surface area contributed by atoms with E-state index in [1.807, 2.05) is 0 Å². The summed E-state index contributed by atoms with van der Waals surface area (Å²) in [5, 5.41) is 21.7. The molecule has 0 radical (unpaired) electrons. The number of rotatable bonds is 4. The first-order valence-corrected chi connectivity index (χ1v) is 5.54. The highest BCUT2D eigenvalue weighted by atomic mass is 32.2. The van der Waals surface area contributed by atoms with Crippen molar-refractivity contribution in [2.24, 2.45) is 0 Å². The summed E-state index contributed by atoms with van der Waals surface area (Å²) < 4.78 is 0. The molecule has 0 bridgehead atoms. The number of thioether (sulfide) groups is 1. The molecule has 1 aliphatic rings. The lowest BCUT2D eigenvalue weighted by atomic mass is 9.95. The predicted octanol–water partition coefficient (Wildman–Crippen LogP) is -0.174. The fourth-order valence-electron chi connectivity index (χ4n) is 1.36. The molecular weight excluding hydrogens is 174 g/mol. The maximum atomic E-state index is 9.96. The van der Waals surface area contributed by atoms with Gasteiger partial charge in [-0.3, -0.25) is 0 Å². The van der Waals surface area contributed by atoms with Gasteiger partial charge in [-0.1, -0.05) is 0 Å². The fraction of sp³-hybridized carbons (Fsp3) is 1.00. The van der Waals surface area contributed by atoms with Crippen molar-refractivity contribution in [1.82, 2.24) is 5.32 Å². The molecule has 72 valence electrons. The van der Waals surface area contributed by atoms with Crippen molar-refractivity contribution >= 4 is 11.8 Å². The summed E-state index contributed by atoms with van der Waals surface area (Å²) in [5.41, 5.74) is -0.481. The van der Waals surface area contributed by atoms with E-state index in [1.54, 1.807) is 11.8 Å². The Hall–Kier alpha value is 0.230. The summed E-state index contributed by atoms with van der Waals surface area (Å²) in [4.78, 5) is 0. The van der Waals surface area contributed by atoms with E-state index in [1.165, 1.54) is 0 Å². The smallest absolute Gasteiger partial charge is 0.0761 e. The third-order valence-electron chi connectivity index (χ3n) is 2.14. The Kier molecular flexibility index (Phi) is 4.35. The van der Waals surface area contributed by atoms with Gasteiger partial charge in [0.15, 0.2) is 0 Å². The normalized spacial score (nSPS) is 22.5.